The molecule has 1 aromatic carbocycles. The molecule has 23 heavy (non-hydrogen) atoms. The molecule has 1 fully saturated rings. The minimum Gasteiger partial charge on any atom is -0.484 e. The number of benzene rings is 1. The number of nitrogens with one attached hydrogen (secondary N) is 1. The van der Waals surface area contributed by atoms with Crippen LogP contribution >= 0.6 is 0 Å². The average Bonchev–Trinajstić information content (AvgIpc) is 2.55. The maximum Gasteiger partial charge on any atom is 0.260 e. The number of likely N-dealkylation sites (tertiary alicyclic amines) is 1. The second-order valence-electron chi connectivity index (χ2n) is 5.66. The second-order valence-corrected chi connectivity index (χ2v) is 5.66. The van der Waals surface area contributed by atoms with Crippen LogP contribution in [0.15, 0.2) is 24.3 Å². The first kappa shape index (κ1) is 16.8. The van der Waals surface area contributed by atoms with Gasteiger partial charge in [-0.05, 0) is 31.9 Å². The van der Waals surface area contributed by atoms with Gasteiger partial charge in [0.1, 0.15) is 12.2 Å². The van der Waals surface area contributed by atoms with Gasteiger partial charge < -0.3 is 15.0 Å². The Morgan fingerprint density at radius 3 is 2.57 bits per heavy atom. The van der Waals surface area contributed by atoms with Crippen LogP contribution in [0.25, 0.3) is 0 Å². The summed E-state index contributed by atoms with van der Waals surface area (Å²) in [6, 6.07) is 9.44. The van der Waals surface area contributed by atoms with Crippen LogP contribution in [0.5, 0.6) is 5.75 Å². The Balaban J connectivity index is 1.72. The van der Waals surface area contributed by atoms with E-state index in [1.165, 1.54) is 0 Å². The molecule has 0 bridgehead atoms. The van der Waals surface area contributed by atoms with E-state index in [1.54, 1.807) is 4.90 Å². The second kappa shape index (κ2) is 8.18. The molecule has 1 N–H and O–H groups in total. The van der Waals surface area contributed by atoms with Crippen molar-refractivity contribution in [1.29, 1.82) is 5.26 Å². The largest absolute Gasteiger partial charge is 0.484 e. The fourth-order valence-electron chi connectivity index (χ4n) is 2.49. The number of hydrogen-bond acceptors (Lipinski definition) is 4. The molecule has 1 heterocycles. The van der Waals surface area contributed by atoms with Crippen molar-refractivity contribution in [3.8, 4) is 11.8 Å². The van der Waals surface area contributed by atoms with Gasteiger partial charge in [0.15, 0.2) is 6.61 Å². The molecule has 0 aromatic heterocycles. The summed E-state index contributed by atoms with van der Waals surface area (Å²) < 4.78 is 5.50. The highest BCUT2D eigenvalue weighted by molar-refractivity contribution is 5.79. The van der Waals surface area contributed by atoms with Crippen molar-refractivity contribution in [2.45, 2.75) is 32.2 Å². The van der Waals surface area contributed by atoms with Crippen molar-refractivity contribution >= 4 is 11.8 Å². The molecule has 0 atom stereocenters. The van der Waals surface area contributed by atoms with E-state index < -0.39 is 0 Å². The lowest BCUT2D eigenvalue weighted by molar-refractivity contribution is -0.134. The van der Waals surface area contributed by atoms with Crippen LogP contribution < -0.4 is 10.1 Å². The van der Waals surface area contributed by atoms with Crippen molar-refractivity contribution in [3.63, 3.8) is 0 Å². The summed E-state index contributed by atoms with van der Waals surface area (Å²) in [5.41, 5.74) is 1.14. The van der Waals surface area contributed by atoms with Crippen molar-refractivity contribution in [3.05, 3.63) is 29.8 Å². The summed E-state index contributed by atoms with van der Waals surface area (Å²) in [7, 11) is 0. The molecule has 0 aliphatic carbocycles. The first-order chi connectivity index (χ1) is 11.1. The Labute approximate surface area is 136 Å². The van der Waals surface area contributed by atoms with Gasteiger partial charge in [-0.3, -0.25) is 9.59 Å². The van der Waals surface area contributed by atoms with Gasteiger partial charge >= 0.3 is 0 Å². The van der Waals surface area contributed by atoms with Crippen LogP contribution in [0.3, 0.4) is 0 Å². The quantitative estimate of drug-likeness (QED) is 0.890. The van der Waals surface area contributed by atoms with Gasteiger partial charge in [0, 0.05) is 19.1 Å². The van der Waals surface area contributed by atoms with Gasteiger partial charge in [-0.15, -0.1) is 0 Å². The minimum absolute atomic E-state index is 0.0223. The van der Waals surface area contributed by atoms with Gasteiger partial charge in [-0.1, -0.05) is 17.7 Å². The van der Waals surface area contributed by atoms with Crippen LogP contribution in [0.4, 0.5) is 0 Å². The Bertz CT molecular complexity index is 584. The summed E-state index contributed by atoms with van der Waals surface area (Å²) in [6.07, 6.45) is 1.28. The SMILES string of the molecule is Cc1ccc(OCC(=O)N2CCC(NC(=O)CC#N)CC2)cc1. The van der Waals surface area contributed by atoms with Crippen LogP contribution in [0.1, 0.15) is 24.8 Å². The predicted octanol–water partition coefficient (Wildman–Crippen LogP) is 1.39. The van der Waals surface area contributed by atoms with E-state index in [2.05, 4.69) is 5.32 Å². The van der Waals surface area contributed by atoms with Gasteiger partial charge in [0.2, 0.25) is 5.91 Å². The summed E-state index contributed by atoms with van der Waals surface area (Å²) in [5.74, 6) is 0.384. The highest BCUT2D eigenvalue weighted by atomic mass is 16.5. The molecule has 0 spiro atoms. The molecule has 1 aliphatic rings. The zero-order valence-corrected chi connectivity index (χ0v) is 13.2. The van der Waals surface area contributed by atoms with Crippen LogP contribution in [0, 0.1) is 18.3 Å². The summed E-state index contributed by atoms with van der Waals surface area (Å²) in [4.78, 5) is 25.3. The molecule has 1 saturated heterocycles. The molecule has 2 amide bonds. The molecular weight excluding hydrogens is 294 g/mol. The Kier molecular flexibility index (Phi) is 5.98. The number of amides is 2. The lowest BCUT2D eigenvalue weighted by atomic mass is 10.0. The molecule has 1 aromatic rings. The monoisotopic (exact) mass is 315 g/mol. The number of rotatable bonds is 5. The third-order valence-electron chi connectivity index (χ3n) is 3.84. The van der Waals surface area contributed by atoms with E-state index in [1.807, 2.05) is 37.3 Å². The molecule has 2 rings (SSSR count). The van der Waals surface area contributed by atoms with Crippen molar-refractivity contribution < 1.29 is 14.3 Å². The number of piperidine rings is 1. The maximum atomic E-state index is 12.1. The topological polar surface area (TPSA) is 82.4 Å². The highest BCUT2D eigenvalue weighted by Gasteiger charge is 2.23. The lowest BCUT2D eigenvalue weighted by Crippen LogP contribution is -2.47. The molecule has 0 unspecified atom stereocenters. The molecule has 0 saturated carbocycles. The van der Waals surface area contributed by atoms with Crippen molar-refractivity contribution in [2.24, 2.45) is 0 Å². The van der Waals surface area contributed by atoms with E-state index in [0.717, 1.165) is 5.56 Å². The van der Waals surface area contributed by atoms with E-state index >= 15 is 0 Å². The van der Waals surface area contributed by atoms with Gasteiger partial charge in [-0.2, -0.15) is 5.26 Å². The van der Waals surface area contributed by atoms with Gasteiger partial charge in [0.05, 0.1) is 6.07 Å². The van der Waals surface area contributed by atoms with Crippen molar-refractivity contribution in [1.82, 2.24) is 10.2 Å². The molecule has 6 nitrogen and oxygen atoms in total. The fourth-order valence-corrected chi connectivity index (χ4v) is 2.49. The van der Waals surface area contributed by atoms with E-state index in [-0.39, 0.29) is 30.9 Å². The molecule has 6 heteroatoms. The molecular formula is C17H21N3O3. The average molecular weight is 315 g/mol. The summed E-state index contributed by atoms with van der Waals surface area (Å²) in [5, 5.41) is 11.3. The van der Waals surface area contributed by atoms with Crippen LogP contribution in [-0.2, 0) is 9.59 Å². The van der Waals surface area contributed by atoms with Crippen molar-refractivity contribution in [2.75, 3.05) is 19.7 Å². The number of nitriles is 1. The van der Waals surface area contributed by atoms with Crippen LogP contribution in [0.2, 0.25) is 0 Å². The van der Waals surface area contributed by atoms with Gasteiger partial charge in [0.25, 0.3) is 5.91 Å². The molecule has 1 aliphatic heterocycles. The molecule has 122 valence electrons. The zero-order chi connectivity index (χ0) is 16.7. The fraction of sp³-hybridized carbons (Fsp3) is 0.471. The standard InChI is InChI=1S/C17H21N3O3/c1-13-2-4-15(5-3-13)23-12-17(22)20-10-7-14(8-11-20)19-16(21)6-9-18/h2-5,14H,6-8,10-12H2,1H3,(H,19,21). The minimum atomic E-state index is -0.250. The predicted molar refractivity (Wildman–Crippen MR) is 84.6 cm³/mol. The highest BCUT2D eigenvalue weighted by Crippen LogP contribution is 2.13. The van der Waals surface area contributed by atoms with Gasteiger partial charge in [-0.25, -0.2) is 0 Å². The zero-order valence-electron chi connectivity index (χ0n) is 13.2. The number of ether oxygens (including phenoxy) is 1. The van der Waals surface area contributed by atoms with E-state index in [9.17, 15) is 9.59 Å². The summed E-state index contributed by atoms with van der Waals surface area (Å²) >= 11 is 0. The maximum absolute atomic E-state index is 12.1. The number of carbonyl (C=O) groups excluding carboxylic acids is 2. The third-order valence-corrected chi connectivity index (χ3v) is 3.84. The summed E-state index contributed by atoms with van der Waals surface area (Å²) in [6.45, 7) is 3.20. The Morgan fingerprint density at radius 1 is 1.30 bits per heavy atom. The number of aryl methyl sites for hydroxylation is 1. The first-order valence-corrected chi connectivity index (χ1v) is 7.72. The Morgan fingerprint density at radius 2 is 1.96 bits per heavy atom. The smallest absolute Gasteiger partial charge is 0.260 e. The lowest BCUT2D eigenvalue weighted by Gasteiger charge is -2.32. The number of carbonyl (C=O) groups is 2. The van der Waals surface area contributed by atoms with E-state index in [4.69, 9.17) is 10.00 Å². The number of hydrogen-bond donors (Lipinski definition) is 1. The third kappa shape index (κ3) is 5.29. The number of nitrogens with zero attached hydrogens (tertiary/aromatic N) is 2. The van der Waals surface area contributed by atoms with Crippen LogP contribution in [-0.4, -0.2) is 42.5 Å². The normalized spacial score (nSPS) is 14.9. The Hall–Kier alpha value is -2.55. The molecule has 0 radical (unpaired) electrons. The van der Waals surface area contributed by atoms with E-state index in [0.29, 0.717) is 31.7 Å². The first-order valence-electron chi connectivity index (χ1n) is 7.72.